The molecule has 0 aliphatic carbocycles. The third-order valence-corrected chi connectivity index (χ3v) is 0.720. The van der Waals surface area contributed by atoms with E-state index in [1.807, 2.05) is 0 Å². The molecule has 0 fully saturated rings. The van der Waals surface area contributed by atoms with Crippen LogP contribution < -0.4 is 0 Å². The van der Waals surface area contributed by atoms with Gasteiger partial charge in [-0.15, -0.1) is 0 Å². The zero-order chi connectivity index (χ0) is 9.07. The number of hydrogen-bond acceptors (Lipinski definition) is 2. The third-order valence-electron chi connectivity index (χ3n) is 0.720. The van der Waals surface area contributed by atoms with Crippen molar-refractivity contribution in [1.82, 2.24) is 0 Å². The van der Waals surface area contributed by atoms with Crippen molar-refractivity contribution in [1.29, 1.82) is 0 Å². The average Bonchev–Trinajstić information content (AvgIpc) is 1.84. The van der Waals surface area contributed by atoms with Gasteiger partial charge in [0.2, 0.25) is 0 Å². The van der Waals surface area contributed by atoms with Gasteiger partial charge in [-0.1, -0.05) is 0 Å². The van der Waals surface area contributed by atoms with E-state index in [4.69, 9.17) is 10.2 Å². The number of aliphatic carboxylic acids is 2. The number of alkyl halides is 2. The van der Waals surface area contributed by atoms with E-state index in [0.29, 0.717) is 0 Å². The largest absolute Gasteiger partial charge is 0.478 e. The average molecular weight is 166 g/mol. The van der Waals surface area contributed by atoms with Crippen LogP contribution in [0.25, 0.3) is 0 Å². The molecule has 0 rings (SSSR count). The molecule has 0 aromatic carbocycles. The second kappa shape index (κ2) is 3.09. The Labute approximate surface area is 59.8 Å². The molecule has 0 aliphatic heterocycles. The molecule has 0 aromatic rings. The summed E-state index contributed by atoms with van der Waals surface area (Å²) in [6.07, 6.45) is -0.119. The Morgan fingerprint density at radius 3 is 2.00 bits per heavy atom. The van der Waals surface area contributed by atoms with Gasteiger partial charge in [-0.05, 0) is 0 Å². The van der Waals surface area contributed by atoms with Crippen LogP contribution in [0.5, 0.6) is 0 Å². The van der Waals surface area contributed by atoms with Crippen LogP contribution in [0, 0.1) is 0 Å². The molecular weight excluding hydrogens is 162 g/mol. The van der Waals surface area contributed by atoms with Crippen LogP contribution in [0.4, 0.5) is 8.78 Å². The maximum Gasteiger partial charge on any atom is 0.378 e. The lowest BCUT2D eigenvalue weighted by molar-refractivity contribution is -0.158. The first-order valence-electron chi connectivity index (χ1n) is 2.39. The molecule has 0 aromatic heterocycles. The molecule has 0 aliphatic rings. The summed E-state index contributed by atoms with van der Waals surface area (Å²) in [5.41, 5.74) is 0. The molecule has 0 bridgehead atoms. The molecule has 0 spiro atoms. The smallest absolute Gasteiger partial charge is 0.378 e. The van der Waals surface area contributed by atoms with Gasteiger partial charge in [-0.25, -0.2) is 9.59 Å². The standard InChI is InChI=1S/C5H4F2O4/c6-5(7,4(10)11)2-1-3(8)9/h1-2H,(H,8,9)(H,10,11)/b2-1+. The predicted molar refractivity (Wildman–Crippen MR) is 29.4 cm³/mol. The summed E-state index contributed by atoms with van der Waals surface area (Å²) in [5, 5.41) is 15.6. The Morgan fingerprint density at radius 2 is 1.73 bits per heavy atom. The Bertz CT molecular complexity index is 209. The van der Waals surface area contributed by atoms with Gasteiger partial charge in [0, 0.05) is 12.2 Å². The van der Waals surface area contributed by atoms with Crippen LogP contribution in [-0.2, 0) is 9.59 Å². The molecule has 0 saturated carbocycles. The summed E-state index contributed by atoms with van der Waals surface area (Å²) in [5.74, 6) is -8.11. The quantitative estimate of drug-likeness (QED) is 0.593. The van der Waals surface area contributed by atoms with E-state index in [9.17, 15) is 18.4 Å². The third kappa shape index (κ3) is 3.29. The molecule has 0 unspecified atom stereocenters. The van der Waals surface area contributed by atoms with E-state index in [2.05, 4.69) is 0 Å². The topological polar surface area (TPSA) is 74.6 Å². The van der Waals surface area contributed by atoms with Gasteiger partial charge in [-0.2, -0.15) is 8.78 Å². The van der Waals surface area contributed by atoms with Crippen LogP contribution in [0.1, 0.15) is 0 Å². The Kier molecular flexibility index (Phi) is 2.68. The fraction of sp³-hybridized carbons (Fsp3) is 0.200. The molecule has 0 radical (unpaired) electrons. The molecule has 4 nitrogen and oxygen atoms in total. The molecule has 0 heterocycles. The fourth-order valence-electron chi connectivity index (χ4n) is 0.247. The number of carbonyl (C=O) groups is 2. The molecule has 6 heteroatoms. The second-order valence-corrected chi connectivity index (χ2v) is 1.60. The van der Waals surface area contributed by atoms with Crippen molar-refractivity contribution in [2.45, 2.75) is 5.92 Å². The van der Waals surface area contributed by atoms with Crippen molar-refractivity contribution in [3.8, 4) is 0 Å². The van der Waals surface area contributed by atoms with Crippen LogP contribution in [0.3, 0.4) is 0 Å². The van der Waals surface area contributed by atoms with Gasteiger partial charge in [0.1, 0.15) is 0 Å². The van der Waals surface area contributed by atoms with Crippen molar-refractivity contribution >= 4 is 11.9 Å². The Morgan fingerprint density at radius 1 is 1.27 bits per heavy atom. The normalized spacial score (nSPS) is 11.8. The zero-order valence-electron chi connectivity index (χ0n) is 5.12. The summed E-state index contributed by atoms with van der Waals surface area (Å²) >= 11 is 0. The van der Waals surface area contributed by atoms with E-state index in [1.165, 1.54) is 0 Å². The van der Waals surface area contributed by atoms with E-state index in [0.717, 1.165) is 0 Å². The van der Waals surface area contributed by atoms with E-state index >= 15 is 0 Å². The van der Waals surface area contributed by atoms with Crippen molar-refractivity contribution < 1.29 is 28.6 Å². The highest BCUT2D eigenvalue weighted by Crippen LogP contribution is 2.14. The molecule has 11 heavy (non-hydrogen) atoms. The first-order chi connectivity index (χ1) is 4.86. The lowest BCUT2D eigenvalue weighted by Crippen LogP contribution is -2.25. The van der Waals surface area contributed by atoms with Crippen LogP contribution in [0.15, 0.2) is 12.2 Å². The number of halogens is 2. The van der Waals surface area contributed by atoms with Gasteiger partial charge in [0.15, 0.2) is 0 Å². The summed E-state index contributed by atoms with van der Waals surface area (Å²) in [7, 11) is 0. The van der Waals surface area contributed by atoms with Crippen molar-refractivity contribution in [3.05, 3.63) is 12.2 Å². The van der Waals surface area contributed by atoms with Gasteiger partial charge < -0.3 is 10.2 Å². The molecule has 0 saturated heterocycles. The van der Waals surface area contributed by atoms with Crippen molar-refractivity contribution in [2.24, 2.45) is 0 Å². The van der Waals surface area contributed by atoms with Crippen LogP contribution >= 0.6 is 0 Å². The SMILES string of the molecule is O=C(O)/C=C/C(F)(F)C(=O)O. The summed E-state index contributed by atoms with van der Waals surface area (Å²) in [6.45, 7) is 0. The minimum atomic E-state index is -4.11. The van der Waals surface area contributed by atoms with E-state index < -0.39 is 17.9 Å². The molecule has 62 valence electrons. The number of carboxylic acid groups (broad SMARTS) is 2. The highest BCUT2D eigenvalue weighted by molar-refractivity contribution is 5.83. The molecular formula is C5H4F2O4. The maximum atomic E-state index is 12.0. The number of hydrogen-bond donors (Lipinski definition) is 2. The minimum absolute atomic E-state index is 0.0775. The zero-order valence-corrected chi connectivity index (χ0v) is 5.12. The summed E-state index contributed by atoms with van der Waals surface area (Å²) in [6, 6.07) is 0. The highest BCUT2D eigenvalue weighted by Gasteiger charge is 2.35. The molecule has 2 N–H and O–H groups in total. The number of rotatable bonds is 3. The second-order valence-electron chi connectivity index (χ2n) is 1.60. The van der Waals surface area contributed by atoms with Gasteiger partial charge >= 0.3 is 17.9 Å². The van der Waals surface area contributed by atoms with Gasteiger partial charge in [0.25, 0.3) is 0 Å². The van der Waals surface area contributed by atoms with Crippen molar-refractivity contribution in [2.75, 3.05) is 0 Å². The van der Waals surface area contributed by atoms with Crippen LogP contribution in [-0.4, -0.2) is 28.1 Å². The first kappa shape index (κ1) is 9.54. The Balaban J connectivity index is 4.35. The number of carboxylic acids is 2. The Hall–Kier alpha value is -1.46. The minimum Gasteiger partial charge on any atom is -0.478 e. The first-order valence-corrected chi connectivity index (χ1v) is 2.39. The van der Waals surface area contributed by atoms with Gasteiger partial charge in [-0.3, -0.25) is 0 Å². The summed E-state index contributed by atoms with van der Waals surface area (Å²) < 4.78 is 23.9. The van der Waals surface area contributed by atoms with E-state index in [-0.39, 0.29) is 12.2 Å². The van der Waals surface area contributed by atoms with E-state index in [1.54, 1.807) is 0 Å². The molecule has 0 amide bonds. The van der Waals surface area contributed by atoms with Crippen molar-refractivity contribution in [3.63, 3.8) is 0 Å². The lowest BCUT2D eigenvalue weighted by atomic mass is 10.3. The maximum absolute atomic E-state index is 12.0. The van der Waals surface area contributed by atoms with Gasteiger partial charge in [0.05, 0.1) is 0 Å². The fourth-order valence-corrected chi connectivity index (χ4v) is 0.247. The summed E-state index contributed by atoms with van der Waals surface area (Å²) in [4.78, 5) is 19.3. The highest BCUT2D eigenvalue weighted by atomic mass is 19.3. The van der Waals surface area contributed by atoms with Crippen LogP contribution in [0.2, 0.25) is 0 Å². The lowest BCUT2D eigenvalue weighted by Gasteiger charge is -2.02. The molecule has 0 atom stereocenters. The predicted octanol–water partition coefficient (Wildman–Crippen LogP) is 0.347. The monoisotopic (exact) mass is 166 g/mol.